The van der Waals surface area contributed by atoms with Gasteiger partial charge < -0.3 is 55.8 Å². The molecule has 1 fully saturated rings. The first kappa shape index (κ1) is 67.2. The Hall–Kier alpha value is -5.79. The molecule has 1 saturated heterocycles. The van der Waals surface area contributed by atoms with Gasteiger partial charge in [0.15, 0.2) is 0 Å². The first-order valence-electron chi connectivity index (χ1n) is 25.3. The van der Waals surface area contributed by atoms with Crippen LogP contribution in [0, 0.1) is 29.6 Å². The Morgan fingerprint density at radius 1 is 0.849 bits per heavy atom. The third-order valence-electron chi connectivity index (χ3n) is 13.5. The number of nitrogens with zero attached hydrogens (tertiary/aromatic N) is 3. The fourth-order valence-electron chi connectivity index (χ4n) is 9.34. The van der Waals surface area contributed by atoms with Crippen molar-refractivity contribution in [3.05, 3.63) is 35.9 Å². The molecule has 0 aliphatic carbocycles. The first-order valence-corrected chi connectivity index (χ1v) is 26.5. The van der Waals surface area contributed by atoms with Gasteiger partial charge in [0, 0.05) is 46.2 Å². The minimum Gasteiger partial charge on any atom is -0.520 e. The van der Waals surface area contributed by atoms with E-state index in [9.17, 15) is 33.6 Å². The van der Waals surface area contributed by atoms with Crippen LogP contribution in [0.25, 0.3) is 0 Å². The Morgan fingerprint density at radius 3 is 1.97 bits per heavy atom. The number of amides is 7. The van der Waals surface area contributed by atoms with E-state index in [0.717, 1.165) is 12.0 Å². The minimum absolute atomic E-state index is 0. The summed E-state index contributed by atoms with van der Waals surface area (Å²) in [4.78, 5) is 107. The van der Waals surface area contributed by atoms with E-state index in [2.05, 4.69) is 26.6 Å². The van der Waals surface area contributed by atoms with Gasteiger partial charge in [0.05, 0.1) is 54.6 Å². The molecule has 0 aromatic heterocycles. The second kappa shape index (κ2) is 34.6. The van der Waals surface area contributed by atoms with E-state index >= 15 is 0 Å². The van der Waals surface area contributed by atoms with Crippen LogP contribution in [0.2, 0.25) is 0 Å². The first-order chi connectivity index (χ1) is 34.0. The van der Waals surface area contributed by atoms with Crippen LogP contribution >= 0.6 is 11.8 Å². The van der Waals surface area contributed by atoms with Gasteiger partial charge in [0.25, 0.3) is 6.47 Å². The van der Waals surface area contributed by atoms with Crippen molar-refractivity contribution in [1.82, 2.24) is 41.3 Å². The number of likely N-dealkylation sites (tertiary alicyclic amines) is 1. The van der Waals surface area contributed by atoms with Gasteiger partial charge in [-0.05, 0) is 69.4 Å². The number of carbonyl (C=O) groups excluding carboxylic acids is 7. The summed E-state index contributed by atoms with van der Waals surface area (Å²) in [6.07, 6.45) is 3.22. The molecule has 1 heterocycles. The standard InChI is InChI=1S/C51H87N8O9S.CH2O2.Fm/c1-16-34(8)45(40(67-14)28-41(61)59-24-20-23-39(59)46(68-15)36(10)47(62)54-35(9)27-38-21-18-17-19-22-38)58(13)51(66)43(32(4)5)56-50(65)44(33(6)7)57(12)25-26-69-30-53-48(63)37(11)55-49(64)42(31(2)3)52-29-60;2-1-3;/h17-19,21-22,31-37,39-40,42-46H,16,20,23-28,30H2,1-15H3,(H,52,60)(H,53,63)(H,54,62)(H,55,64)(H,56,65);1H,(H,2,3);/q-1;;/t34?,35?,36?,37?,39?,40?,42-,43-,44?,45?,46?;;/m0../s1. The van der Waals surface area contributed by atoms with E-state index in [1.54, 1.807) is 53.3 Å². The van der Waals surface area contributed by atoms with Crippen molar-refractivity contribution in [3.63, 3.8) is 0 Å². The molecule has 73 heavy (non-hydrogen) atoms. The van der Waals surface area contributed by atoms with Crippen LogP contribution in [0.4, 0.5) is 0 Å². The van der Waals surface area contributed by atoms with Gasteiger partial charge in [-0.2, -0.15) is 6.41 Å². The average molecular weight is 1290 g/mol. The molecule has 0 bridgehead atoms. The maximum Gasteiger partial charge on any atom is 0.290 e. The van der Waals surface area contributed by atoms with Crippen LogP contribution < -0.4 is 26.6 Å². The van der Waals surface area contributed by atoms with Crippen LogP contribution in [-0.2, 0) is 54.3 Å². The van der Waals surface area contributed by atoms with E-state index in [1.807, 2.05) is 103 Å². The van der Waals surface area contributed by atoms with Crippen LogP contribution in [0.15, 0.2) is 30.3 Å². The van der Waals surface area contributed by atoms with Crippen molar-refractivity contribution in [2.45, 2.75) is 163 Å². The number of benzene rings is 1. The van der Waals surface area contributed by atoms with E-state index in [-0.39, 0.29) is 84.1 Å². The zero-order chi connectivity index (χ0) is 54.8. The molecule has 11 atom stereocenters. The summed E-state index contributed by atoms with van der Waals surface area (Å²) in [6, 6.07) is 6.04. The van der Waals surface area contributed by atoms with Crippen LogP contribution in [0.1, 0.15) is 107 Å². The Kier molecular flexibility index (Phi) is 31.9. The second-order valence-corrected chi connectivity index (χ2v) is 21.1. The molecule has 21 heteroatoms. The largest absolute Gasteiger partial charge is 0.520 e. The number of carbonyl (C=O) groups is 7. The number of ether oxygens (including phenoxy) is 2. The summed E-state index contributed by atoms with van der Waals surface area (Å²) in [5, 5.41) is 20.9. The molecule has 7 amide bonds. The van der Waals surface area contributed by atoms with Crippen molar-refractivity contribution < 1.29 is 52.9 Å². The third kappa shape index (κ3) is 21.3. The van der Waals surface area contributed by atoms with Crippen molar-refractivity contribution in [2.75, 3.05) is 53.0 Å². The van der Waals surface area contributed by atoms with Crippen molar-refractivity contribution >= 4 is 60.1 Å². The molecule has 9 unspecified atom stereocenters. The maximum absolute atomic E-state index is 14.6. The molecule has 0 saturated carbocycles. The quantitative estimate of drug-likeness (QED) is 0.0206. The SMILES string of the molecule is CCC(C)C(C(CC(=O)N1CCCC1C(OC)C(C)C(=O)NC(C)Cc1ccccc1)OC)N(C)C(=O)[C@@H](NC(=O)C(C(C)C)N(C)CCSCNC(=O)C(C)NC(=O)[C@@H](N[C-]=O)C(C)C)C(C)C.O=CO.[Fm]. The van der Waals surface area contributed by atoms with Crippen molar-refractivity contribution in [1.29, 1.82) is 0 Å². The second-order valence-electron chi connectivity index (χ2n) is 20.0. The molecule has 1 aromatic rings. The summed E-state index contributed by atoms with van der Waals surface area (Å²) < 4.78 is 12.1. The fourth-order valence-corrected chi connectivity index (χ4v) is 10.2. The zero-order valence-electron chi connectivity index (χ0n) is 46.0. The molecule has 6 N–H and O–H groups in total. The molecule has 422 valence electrons. The van der Waals surface area contributed by atoms with Crippen molar-refractivity contribution in [2.24, 2.45) is 29.6 Å². The number of thioether (sulfide) groups is 1. The zero-order valence-corrected chi connectivity index (χ0v) is 49.2. The van der Waals surface area contributed by atoms with Crippen LogP contribution in [-0.4, -0.2) is 176 Å². The molecule has 0 spiro atoms. The summed E-state index contributed by atoms with van der Waals surface area (Å²) in [6.45, 7) is 21.5. The topological polar surface area (TPSA) is 245 Å². The molecular formula is C52H89FmN8O11S-. The molecule has 0 radical (unpaired) electrons. The number of likely N-dealkylation sites (N-methyl/N-ethyl adjacent to an activating group) is 2. The Bertz CT molecular complexity index is 1840. The number of methoxy groups -OCH3 is 2. The number of hydrogen-bond acceptors (Lipinski definition) is 12. The predicted octanol–water partition coefficient (Wildman–Crippen LogP) is 3.45. The number of rotatable bonds is 31. The molecule has 1 aliphatic heterocycles. The minimum atomic E-state index is -0.861. The van der Waals surface area contributed by atoms with Crippen molar-refractivity contribution in [3.8, 4) is 0 Å². The number of hydrogen-bond donors (Lipinski definition) is 6. The van der Waals surface area contributed by atoms with E-state index in [1.165, 1.54) is 11.8 Å². The van der Waals surface area contributed by atoms with E-state index in [0.29, 0.717) is 38.1 Å². The molecule has 2 rings (SSSR count). The monoisotopic (exact) mass is 1290 g/mol. The molecule has 1 aromatic carbocycles. The summed E-state index contributed by atoms with van der Waals surface area (Å²) in [5.41, 5.74) is 1.13. The molecular weight excluding hydrogens is 1200 g/mol. The van der Waals surface area contributed by atoms with E-state index in [4.69, 9.17) is 19.4 Å². The normalized spacial score (nSPS) is 17.5. The fraction of sp³-hybridized carbons (Fsp3) is 0.731. The van der Waals surface area contributed by atoms with Gasteiger partial charge in [-0.1, -0.05) is 99.1 Å². The summed E-state index contributed by atoms with van der Waals surface area (Å²) in [5.74, 6) is -1.95. The summed E-state index contributed by atoms with van der Waals surface area (Å²) >= 11 is 1.46. The Labute approximate surface area is 434 Å². The van der Waals surface area contributed by atoms with E-state index < -0.39 is 54.2 Å². The molecule has 19 nitrogen and oxygen atoms in total. The third-order valence-corrected chi connectivity index (χ3v) is 14.3. The summed E-state index contributed by atoms with van der Waals surface area (Å²) in [7, 11) is 6.73. The average Bonchev–Trinajstić information content (AvgIpc) is 3.81. The van der Waals surface area contributed by atoms with Gasteiger partial charge in [-0.15, -0.1) is 11.8 Å². The molecule has 1 aliphatic rings. The number of nitrogens with one attached hydrogen (secondary N) is 5. The van der Waals surface area contributed by atoms with Gasteiger partial charge in [-0.25, -0.2) is 0 Å². The number of carboxylic acid groups (broad SMARTS) is 1. The maximum atomic E-state index is 14.6. The van der Waals surface area contributed by atoms with Gasteiger partial charge in [0.2, 0.25) is 35.4 Å². The predicted molar refractivity (Wildman–Crippen MR) is 281 cm³/mol. The Morgan fingerprint density at radius 2 is 1.45 bits per heavy atom. The Balaban J connectivity index is 0.0000126. The van der Waals surface area contributed by atoms with Gasteiger partial charge in [0.1, 0.15) is 12.1 Å². The van der Waals surface area contributed by atoms with Crippen LogP contribution in [0.5, 0.6) is 0 Å². The van der Waals surface area contributed by atoms with Gasteiger partial charge >= 0.3 is 0 Å². The van der Waals surface area contributed by atoms with Crippen LogP contribution in [0.3, 0.4) is 0 Å². The smallest absolute Gasteiger partial charge is 0.290 e. The van der Waals surface area contributed by atoms with Gasteiger partial charge in [-0.3, -0.25) is 38.5 Å².